The quantitative estimate of drug-likeness (QED) is 0.558. The van der Waals surface area contributed by atoms with Crippen LogP contribution in [0, 0.1) is 13.8 Å². The van der Waals surface area contributed by atoms with Crippen molar-refractivity contribution < 1.29 is 0 Å². The van der Waals surface area contributed by atoms with Crippen LogP contribution in [0.15, 0.2) is 36.4 Å². The molecule has 2 unspecified atom stereocenters. The van der Waals surface area contributed by atoms with Gasteiger partial charge in [-0.25, -0.2) is 0 Å². The molecule has 24 heavy (non-hydrogen) atoms. The van der Waals surface area contributed by atoms with E-state index in [0.29, 0.717) is 0 Å². The Hall–Kier alpha value is -1.47. The van der Waals surface area contributed by atoms with Gasteiger partial charge in [0, 0.05) is 21.8 Å². The Labute approximate surface area is 150 Å². The third kappa shape index (κ3) is 2.07. The van der Waals surface area contributed by atoms with Crippen LogP contribution in [0.1, 0.15) is 56.2 Å². The van der Waals surface area contributed by atoms with Crippen LogP contribution >= 0.6 is 11.6 Å². The van der Waals surface area contributed by atoms with Crippen molar-refractivity contribution in [3.63, 3.8) is 0 Å². The molecule has 0 amide bonds. The molecule has 4 rings (SSSR count). The molecule has 126 valence electrons. The zero-order chi connectivity index (χ0) is 17.1. The van der Waals surface area contributed by atoms with Gasteiger partial charge < -0.3 is 4.90 Å². The van der Waals surface area contributed by atoms with Crippen molar-refractivity contribution >= 4 is 23.0 Å². The first-order valence-electron chi connectivity index (χ1n) is 9.04. The van der Waals surface area contributed by atoms with Crippen LogP contribution in [0.25, 0.3) is 0 Å². The lowest BCUT2D eigenvalue weighted by Crippen LogP contribution is -2.54. The summed E-state index contributed by atoms with van der Waals surface area (Å²) >= 11 is 6.39. The van der Waals surface area contributed by atoms with Gasteiger partial charge in [0.15, 0.2) is 0 Å². The minimum atomic E-state index is 0.110. The van der Waals surface area contributed by atoms with Crippen molar-refractivity contribution in [2.24, 2.45) is 0 Å². The van der Waals surface area contributed by atoms with Gasteiger partial charge >= 0.3 is 0 Å². The average molecular weight is 340 g/mol. The molecule has 2 aliphatic rings. The van der Waals surface area contributed by atoms with Gasteiger partial charge in [-0.05, 0) is 80.6 Å². The van der Waals surface area contributed by atoms with E-state index in [1.165, 1.54) is 53.7 Å². The van der Waals surface area contributed by atoms with E-state index in [0.717, 1.165) is 5.02 Å². The van der Waals surface area contributed by atoms with Crippen molar-refractivity contribution in [2.75, 3.05) is 4.90 Å². The number of halogens is 1. The summed E-state index contributed by atoms with van der Waals surface area (Å²) in [7, 11) is 0. The van der Waals surface area contributed by atoms with Gasteiger partial charge in [-0.1, -0.05) is 37.4 Å². The summed E-state index contributed by atoms with van der Waals surface area (Å²) in [5.74, 6) is 0. The maximum atomic E-state index is 6.39. The summed E-state index contributed by atoms with van der Waals surface area (Å²) < 4.78 is 0. The van der Waals surface area contributed by atoms with Crippen molar-refractivity contribution in [2.45, 2.75) is 64.3 Å². The van der Waals surface area contributed by atoms with Crippen LogP contribution in [0.4, 0.5) is 11.4 Å². The number of rotatable bonds is 1. The second kappa shape index (κ2) is 5.26. The summed E-state index contributed by atoms with van der Waals surface area (Å²) in [5.41, 5.74) is 7.01. The van der Waals surface area contributed by atoms with Crippen LogP contribution in [0.5, 0.6) is 0 Å². The third-order valence-electron chi connectivity index (χ3n) is 6.53. The molecule has 1 fully saturated rings. The van der Waals surface area contributed by atoms with Crippen LogP contribution in [0.3, 0.4) is 0 Å². The molecule has 0 aromatic heterocycles. The molecule has 2 atom stereocenters. The van der Waals surface area contributed by atoms with E-state index in [1.807, 2.05) is 6.07 Å². The van der Waals surface area contributed by atoms with Gasteiger partial charge in [-0.2, -0.15) is 0 Å². The third-order valence-corrected chi connectivity index (χ3v) is 6.77. The Bertz CT molecular complexity index is 791. The number of anilines is 2. The number of fused-ring (bicyclic) bond motifs is 3. The lowest BCUT2D eigenvalue weighted by Gasteiger charge is -2.50. The zero-order valence-electron chi connectivity index (χ0n) is 15.1. The molecule has 1 heterocycles. The van der Waals surface area contributed by atoms with Crippen LogP contribution in [0.2, 0.25) is 5.02 Å². The van der Waals surface area contributed by atoms with Gasteiger partial charge in [0.2, 0.25) is 0 Å². The van der Waals surface area contributed by atoms with E-state index < -0.39 is 0 Å². The predicted octanol–water partition coefficient (Wildman–Crippen LogP) is 6.70. The molecule has 0 saturated heterocycles. The van der Waals surface area contributed by atoms with Gasteiger partial charge in [0.1, 0.15) is 0 Å². The SMILES string of the molecule is Cc1cc(C)cc(N2c3ccc(Cl)cc3C3(C)CCCCC23C)c1. The Balaban J connectivity index is 1.99. The predicted molar refractivity (Wildman–Crippen MR) is 104 cm³/mol. The summed E-state index contributed by atoms with van der Waals surface area (Å²) in [6.45, 7) is 9.29. The molecule has 1 aliphatic heterocycles. The molecule has 2 heteroatoms. The molecule has 0 bridgehead atoms. The van der Waals surface area contributed by atoms with Crippen molar-refractivity contribution in [1.29, 1.82) is 0 Å². The van der Waals surface area contributed by atoms with Gasteiger partial charge in [0.25, 0.3) is 0 Å². The van der Waals surface area contributed by atoms with E-state index in [2.05, 4.69) is 62.9 Å². The summed E-state index contributed by atoms with van der Waals surface area (Å²) in [4.78, 5) is 2.61. The molecular weight excluding hydrogens is 314 g/mol. The number of hydrogen-bond acceptors (Lipinski definition) is 1. The molecule has 2 aromatic carbocycles. The highest BCUT2D eigenvalue weighted by molar-refractivity contribution is 6.30. The highest BCUT2D eigenvalue weighted by atomic mass is 35.5. The first kappa shape index (κ1) is 16.0. The maximum Gasteiger partial charge on any atom is 0.0517 e. The fourth-order valence-corrected chi connectivity index (χ4v) is 5.36. The largest absolute Gasteiger partial charge is 0.334 e. The van der Waals surface area contributed by atoms with E-state index in [1.54, 1.807) is 0 Å². The molecule has 0 spiro atoms. The molecule has 0 N–H and O–H groups in total. The summed E-state index contributed by atoms with van der Waals surface area (Å²) in [6.07, 6.45) is 5.06. The first-order valence-corrected chi connectivity index (χ1v) is 9.41. The normalized spacial score (nSPS) is 28.6. The van der Waals surface area contributed by atoms with Crippen LogP contribution < -0.4 is 4.90 Å². The number of benzene rings is 2. The van der Waals surface area contributed by atoms with Crippen molar-refractivity contribution in [1.82, 2.24) is 0 Å². The number of nitrogens with zero attached hydrogens (tertiary/aromatic N) is 1. The second-order valence-corrected chi connectivity index (χ2v) is 8.59. The van der Waals surface area contributed by atoms with E-state index in [-0.39, 0.29) is 11.0 Å². The van der Waals surface area contributed by atoms with Gasteiger partial charge in [-0.3, -0.25) is 0 Å². The van der Waals surface area contributed by atoms with E-state index in [4.69, 9.17) is 11.6 Å². The van der Waals surface area contributed by atoms with Crippen LogP contribution in [-0.2, 0) is 5.41 Å². The minimum Gasteiger partial charge on any atom is -0.334 e. The fourth-order valence-electron chi connectivity index (χ4n) is 5.19. The Morgan fingerprint density at radius 2 is 1.58 bits per heavy atom. The molecule has 1 saturated carbocycles. The molecule has 2 aromatic rings. The highest BCUT2D eigenvalue weighted by Crippen LogP contribution is 2.61. The molecule has 1 nitrogen and oxygen atoms in total. The Kier molecular flexibility index (Phi) is 3.51. The number of aryl methyl sites for hydroxylation is 2. The lowest BCUT2D eigenvalue weighted by atomic mass is 9.61. The van der Waals surface area contributed by atoms with Crippen molar-refractivity contribution in [3.8, 4) is 0 Å². The van der Waals surface area contributed by atoms with Crippen molar-refractivity contribution in [3.05, 3.63) is 58.1 Å². The second-order valence-electron chi connectivity index (χ2n) is 8.16. The monoisotopic (exact) mass is 339 g/mol. The zero-order valence-corrected chi connectivity index (χ0v) is 15.9. The molecular formula is C22H26ClN. The van der Waals surface area contributed by atoms with E-state index >= 15 is 0 Å². The Morgan fingerprint density at radius 1 is 0.917 bits per heavy atom. The fraction of sp³-hybridized carbons (Fsp3) is 0.455. The lowest BCUT2D eigenvalue weighted by molar-refractivity contribution is 0.195. The minimum absolute atomic E-state index is 0.110. The van der Waals surface area contributed by atoms with Gasteiger partial charge in [-0.15, -0.1) is 0 Å². The van der Waals surface area contributed by atoms with Gasteiger partial charge in [0.05, 0.1) is 5.54 Å². The smallest absolute Gasteiger partial charge is 0.0517 e. The Morgan fingerprint density at radius 3 is 2.29 bits per heavy atom. The maximum absolute atomic E-state index is 6.39. The average Bonchev–Trinajstić information content (AvgIpc) is 2.71. The van der Waals surface area contributed by atoms with E-state index in [9.17, 15) is 0 Å². The summed E-state index contributed by atoms with van der Waals surface area (Å²) in [6, 6.07) is 13.4. The summed E-state index contributed by atoms with van der Waals surface area (Å²) in [5, 5.41) is 0.852. The highest BCUT2D eigenvalue weighted by Gasteiger charge is 2.57. The number of hydrogen-bond donors (Lipinski definition) is 0. The standard InChI is InChI=1S/C22H26ClN/c1-15-11-16(2)13-18(12-15)24-20-8-7-17(23)14-19(20)21(3)9-5-6-10-22(21,24)4/h7-8,11-14H,5-6,9-10H2,1-4H3. The molecule has 0 radical (unpaired) electrons. The van der Waals surface area contributed by atoms with Crippen LogP contribution in [-0.4, -0.2) is 5.54 Å². The molecule has 1 aliphatic carbocycles. The topological polar surface area (TPSA) is 3.24 Å². The first-order chi connectivity index (χ1) is 11.3.